The Bertz CT molecular complexity index is 1320. The molecule has 1 atom stereocenters. The summed E-state index contributed by atoms with van der Waals surface area (Å²) in [6.07, 6.45) is -3.30. The Morgan fingerprint density at radius 3 is 2.49 bits per heavy atom. The number of oxazole rings is 1. The number of aromatic nitrogens is 3. The Hall–Kier alpha value is -4.06. The molecule has 1 unspecified atom stereocenters. The number of nitrogens with zero attached hydrogens (tertiary/aromatic N) is 4. The number of carbonyl (C=O) groups is 1. The van der Waals surface area contributed by atoms with Gasteiger partial charge in [0.15, 0.2) is 0 Å². The number of hydrogen-bond acceptors (Lipinski definition) is 7. The number of benzene rings is 2. The van der Waals surface area contributed by atoms with Gasteiger partial charge in [0.25, 0.3) is 5.91 Å². The lowest BCUT2D eigenvalue weighted by Gasteiger charge is -2.22. The molecule has 0 aliphatic heterocycles. The number of hydrogen-bond donors (Lipinski definition) is 1. The molecule has 0 saturated heterocycles. The number of amides is 1. The van der Waals surface area contributed by atoms with Crippen molar-refractivity contribution in [3.63, 3.8) is 0 Å². The fourth-order valence-corrected chi connectivity index (χ4v) is 3.26. The van der Waals surface area contributed by atoms with Crippen LogP contribution in [0.15, 0.2) is 63.7 Å². The molecule has 2 aromatic carbocycles. The van der Waals surface area contributed by atoms with Crippen LogP contribution >= 0.6 is 0 Å². The quantitative estimate of drug-likeness (QED) is 0.380. The number of alkyl halides is 3. The summed E-state index contributed by atoms with van der Waals surface area (Å²) in [6.45, 7) is 0.159. The van der Waals surface area contributed by atoms with E-state index in [0.29, 0.717) is 17.1 Å². The Kier molecular flexibility index (Phi) is 6.65. The molecule has 0 bridgehead atoms. The first-order valence-electron chi connectivity index (χ1n) is 10.3. The SMILES string of the molecule is CN(C)C(CNC(=O)c1cccc(-c2noc(C(F)(F)F)n2)c1)c1coc(-c2ccc(F)cc2)n1. The lowest BCUT2D eigenvalue weighted by molar-refractivity contribution is -0.159. The van der Waals surface area contributed by atoms with Crippen LogP contribution < -0.4 is 5.32 Å². The van der Waals surface area contributed by atoms with Crippen molar-refractivity contribution in [3.05, 3.63) is 77.8 Å². The number of nitrogens with one attached hydrogen (secondary N) is 1. The van der Waals surface area contributed by atoms with Crippen molar-refractivity contribution in [1.82, 2.24) is 25.3 Å². The van der Waals surface area contributed by atoms with Gasteiger partial charge in [0.1, 0.15) is 12.1 Å². The number of halogens is 4. The van der Waals surface area contributed by atoms with Crippen molar-refractivity contribution in [1.29, 1.82) is 0 Å². The van der Waals surface area contributed by atoms with E-state index >= 15 is 0 Å². The first kappa shape index (κ1) is 24.1. The van der Waals surface area contributed by atoms with E-state index in [1.165, 1.54) is 42.7 Å². The summed E-state index contributed by atoms with van der Waals surface area (Å²) in [5, 5.41) is 6.13. The Morgan fingerprint density at radius 1 is 1.09 bits per heavy atom. The van der Waals surface area contributed by atoms with Gasteiger partial charge in [-0.3, -0.25) is 9.69 Å². The molecular formula is C23H19F4N5O3. The third-order valence-electron chi connectivity index (χ3n) is 5.09. The lowest BCUT2D eigenvalue weighted by atomic mass is 10.1. The number of likely N-dealkylation sites (N-methyl/N-ethyl adjacent to an activating group) is 1. The van der Waals surface area contributed by atoms with Crippen molar-refractivity contribution in [2.45, 2.75) is 12.2 Å². The van der Waals surface area contributed by atoms with E-state index in [-0.39, 0.29) is 35.4 Å². The third-order valence-corrected chi connectivity index (χ3v) is 5.09. The number of carbonyl (C=O) groups excluding carboxylic acids is 1. The summed E-state index contributed by atoms with van der Waals surface area (Å²) in [7, 11) is 3.61. The smallest absolute Gasteiger partial charge is 0.444 e. The molecule has 8 nitrogen and oxygen atoms in total. The van der Waals surface area contributed by atoms with Gasteiger partial charge < -0.3 is 14.3 Å². The maximum absolute atomic E-state index is 13.2. The molecule has 0 radical (unpaired) electrons. The number of rotatable bonds is 7. The normalized spacial score (nSPS) is 12.7. The predicted molar refractivity (Wildman–Crippen MR) is 115 cm³/mol. The van der Waals surface area contributed by atoms with Gasteiger partial charge in [0.2, 0.25) is 11.7 Å². The van der Waals surface area contributed by atoms with Crippen LogP contribution in [0.25, 0.3) is 22.8 Å². The van der Waals surface area contributed by atoms with Crippen LogP contribution in [0.5, 0.6) is 0 Å². The molecule has 0 saturated carbocycles. The van der Waals surface area contributed by atoms with E-state index in [4.69, 9.17) is 4.42 Å². The molecule has 0 aliphatic carbocycles. The summed E-state index contributed by atoms with van der Waals surface area (Å²) in [5.74, 6) is -2.28. The van der Waals surface area contributed by atoms with Crippen molar-refractivity contribution >= 4 is 5.91 Å². The van der Waals surface area contributed by atoms with Gasteiger partial charge in [-0.1, -0.05) is 17.3 Å². The first-order chi connectivity index (χ1) is 16.6. The van der Waals surface area contributed by atoms with Crippen LogP contribution in [-0.4, -0.2) is 46.6 Å². The zero-order chi connectivity index (χ0) is 25.2. The highest BCUT2D eigenvalue weighted by atomic mass is 19.4. The molecule has 0 aliphatic rings. The maximum Gasteiger partial charge on any atom is 0.471 e. The minimum atomic E-state index is -4.76. The summed E-state index contributed by atoms with van der Waals surface area (Å²) in [6, 6.07) is 11.2. The molecule has 2 aromatic heterocycles. The van der Waals surface area contributed by atoms with Crippen LogP contribution in [0.4, 0.5) is 17.6 Å². The molecule has 0 spiro atoms. The van der Waals surface area contributed by atoms with E-state index < -0.39 is 18.0 Å². The van der Waals surface area contributed by atoms with Gasteiger partial charge in [-0.25, -0.2) is 9.37 Å². The molecule has 182 valence electrons. The van der Waals surface area contributed by atoms with Crippen LogP contribution in [0.1, 0.15) is 28.0 Å². The Morgan fingerprint density at radius 2 is 1.83 bits per heavy atom. The molecule has 4 rings (SSSR count). The third kappa shape index (κ3) is 5.54. The van der Waals surface area contributed by atoms with E-state index in [1.54, 1.807) is 26.2 Å². The highest BCUT2D eigenvalue weighted by Crippen LogP contribution is 2.29. The molecule has 1 amide bonds. The van der Waals surface area contributed by atoms with Gasteiger partial charge in [0.05, 0.1) is 11.7 Å². The van der Waals surface area contributed by atoms with Crippen molar-refractivity contribution < 1.29 is 31.3 Å². The fourth-order valence-electron chi connectivity index (χ4n) is 3.26. The van der Waals surface area contributed by atoms with Crippen molar-refractivity contribution in [2.75, 3.05) is 20.6 Å². The van der Waals surface area contributed by atoms with E-state index in [0.717, 1.165) is 0 Å². The first-order valence-corrected chi connectivity index (χ1v) is 10.3. The topological polar surface area (TPSA) is 97.3 Å². The highest BCUT2D eigenvalue weighted by Gasteiger charge is 2.38. The zero-order valence-corrected chi connectivity index (χ0v) is 18.5. The second-order valence-electron chi connectivity index (χ2n) is 7.78. The van der Waals surface area contributed by atoms with Gasteiger partial charge in [-0.05, 0) is 50.5 Å². The summed E-state index contributed by atoms with van der Waals surface area (Å²) >= 11 is 0. The summed E-state index contributed by atoms with van der Waals surface area (Å²) in [4.78, 5) is 22.4. The average Bonchev–Trinajstić information content (AvgIpc) is 3.50. The predicted octanol–water partition coefficient (Wildman–Crippen LogP) is 4.58. The summed E-state index contributed by atoms with van der Waals surface area (Å²) < 4.78 is 61.1. The molecule has 2 heterocycles. The fraction of sp³-hybridized carbons (Fsp3) is 0.217. The highest BCUT2D eigenvalue weighted by molar-refractivity contribution is 5.95. The molecule has 1 N–H and O–H groups in total. The minimum Gasteiger partial charge on any atom is -0.444 e. The average molecular weight is 489 g/mol. The van der Waals surface area contributed by atoms with Gasteiger partial charge in [-0.15, -0.1) is 0 Å². The molecule has 4 aromatic rings. The van der Waals surface area contributed by atoms with Crippen molar-refractivity contribution in [2.24, 2.45) is 0 Å². The Labute approximate surface area is 196 Å². The molecule has 0 fully saturated rings. The van der Waals surface area contributed by atoms with E-state index in [9.17, 15) is 22.4 Å². The second-order valence-corrected chi connectivity index (χ2v) is 7.78. The molecule has 12 heteroatoms. The minimum absolute atomic E-state index is 0.159. The Balaban J connectivity index is 1.46. The van der Waals surface area contributed by atoms with Gasteiger partial charge in [0, 0.05) is 23.2 Å². The van der Waals surface area contributed by atoms with Gasteiger partial charge >= 0.3 is 12.1 Å². The van der Waals surface area contributed by atoms with Crippen LogP contribution in [0.3, 0.4) is 0 Å². The van der Waals surface area contributed by atoms with E-state index in [2.05, 4.69) is 25.0 Å². The lowest BCUT2D eigenvalue weighted by Crippen LogP contribution is -2.34. The molecular weight excluding hydrogens is 470 g/mol. The zero-order valence-electron chi connectivity index (χ0n) is 18.5. The standard InChI is InChI=1S/C23H19F4N5O3/c1-32(2)18(17-12-34-21(29-17)13-6-8-16(24)9-7-13)11-28-20(33)15-5-3-4-14(10-15)19-30-22(35-31-19)23(25,26)27/h3-10,12,18H,11H2,1-2H3,(H,28,33). The second kappa shape index (κ2) is 9.66. The monoisotopic (exact) mass is 489 g/mol. The van der Waals surface area contributed by atoms with Crippen molar-refractivity contribution in [3.8, 4) is 22.8 Å². The maximum atomic E-state index is 13.2. The van der Waals surface area contributed by atoms with Crippen LogP contribution in [0.2, 0.25) is 0 Å². The van der Waals surface area contributed by atoms with E-state index in [1.807, 2.05) is 4.90 Å². The largest absolute Gasteiger partial charge is 0.471 e. The van der Waals surface area contributed by atoms with Crippen LogP contribution in [-0.2, 0) is 6.18 Å². The summed E-state index contributed by atoms with van der Waals surface area (Å²) in [5.41, 5.74) is 1.55. The molecule has 35 heavy (non-hydrogen) atoms. The van der Waals surface area contributed by atoms with Crippen LogP contribution in [0, 0.1) is 5.82 Å². The van der Waals surface area contributed by atoms with Gasteiger partial charge in [-0.2, -0.15) is 18.2 Å².